The number of pyridine rings is 1. The molecule has 0 amide bonds. The van der Waals surface area contributed by atoms with Crippen molar-refractivity contribution in [3.8, 4) is 0 Å². The zero-order chi connectivity index (χ0) is 20.6. The summed E-state index contributed by atoms with van der Waals surface area (Å²) in [5, 5.41) is 13.3. The van der Waals surface area contributed by atoms with Crippen molar-refractivity contribution in [1.29, 1.82) is 0 Å². The van der Waals surface area contributed by atoms with Gasteiger partial charge in [0.1, 0.15) is 5.82 Å². The Bertz CT molecular complexity index is 762. The zero-order valence-electron chi connectivity index (χ0n) is 16.5. The van der Waals surface area contributed by atoms with Crippen LogP contribution in [0.2, 0.25) is 0 Å². The highest BCUT2D eigenvalue weighted by atomic mass is 127. The molecule has 0 bridgehead atoms. The van der Waals surface area contributed by atoms with E-state index in [0.29, 0.717) is 37.3 Å². The molecular weight excluding hydrogens is 500 g/mol. The number of guanidine groups is 1. The summed E-state index contributed by atoms with van der Waals surface area (Å²) in [7, 11) is 1.67. The van der Waals surface area contributed by atoms with Crippen molar-refractivity contribution in [3.63, 3.8) is 0 Å². The van der Waals surface area contributed by atoms with E-state index in [9.17, 15) is 13.2 Å². The van der Waals surface area contributed by atoms with Gasteiger partial charge in [0.2, 0.25) is 0 Å². The minimum Gasteiger partial charge on any atom is -0.370 e. The first-order valence-corrected chi connectivity index (χ1v) is 8.96. The van der Waals surface area contributed by atoms with Gasteiger partial charge in [-0.15, -0.1) is 24.0 Å². The first kappa shape index (κ1) is 25.0. The van der Waals surface area contributed by atoms with Crippen molar-refractivity contribution < 1.29 is 17.7 Å². The molecule has 162 valence electrons. The van der Waals surface area contributed by atoms with Crippen LogP contribution in [0.4, 0.5) is 19.0 Å². The molecule has 0 aliphatic rings. The quantitative estimate of drug-likeness (QED) is 0.209. The van der Waals surface area contributed by atoms with Gasteiger partial charge in [-0.3, -0.25) is 4.99 Å². The number of nitrogens with zero attached hydrogens (tertiary/aromatic N) is 3. The largest absolute Gasteiger partial charge is 0.417 e. The SMILES string of the molecule is CN=C(NCCCNc1ccc(C(F)(F)F)cn1)NCc1cc(C(C)C)no1.I. The van der Waals surface area contributed by atoms with E-state index >= 15 is 0 Å². The molecule has 29 heavy (non-hydrogen) atoms. The molecule has 2 aromatic heterocycles. The smallest absolute Gasteiger partial charge is 0.370 e. The normalized spacial score (nSPS) is 11.9. The summed E-state index contributed by atoms with van der Waals surface area (Å²) in [5.74, 6) is 2.06. The standard InChI is InChI=1S/C18H25F3N6O.HI/c1-12(2)15-9-14(28-27-15)11-26-17(22-3)24-8-4-7-23-16-6-5-13(10-25-16)18(19,20)21;/h5-6,9-10,12H,4,7-8,11H2,1-3H3,(H,23,25)(H2,22,24,26);1H. The number of rotatable bonds is 8. The Labute approximate surface area is 185 Å². The summed E-state index contributed by atoms with van der Waals surface area (Å²) < 4.78 is 42.7. The van der Waals surface area contributed by atoms with E-state index in [-0.39, 0.29) is 24.0 Å². The summed E-state index contributed by atoms with van der Waals surface area (Å²) in [6.45, 7) is 5.74. The van der Waals surface area contributed by atoms with E-state index in [1.807, 2.05) is 19.9 Å². The van der Waals surface area contributed by atoms with Crippen LogP contribution in [0, 0.1) is 0 Å². The fraction of sp³-hybridized carbons (Fsp3) is 0.500. The van der Waals surface area contributed by atoms with Gasteiger partial charge in [0.15, 0.2) is 11.7 Å². The maximum Gasteiger partial charge on any atom is 0.417 e. The fourth-order valence-corrected chi connectivity index (χ4v) is 2.25. The molecule has 2 rings (SSSR count). The predicted octanol–water partition coefficient (Wildman–Crippen LogP) is 4.00. The Balaban J connectivity index is 0.00000420. The number of alkyl halides is 3. The third kappa shape index (κ3) is 8.46. The lowest BCUT2D eigenvalue weighted by Crippen LogP contribution is -2.37. The van der Waals surface area contributed by atoms with Gasteiger partial charge in [0, 0.05) is 32.4 Å². The lowest BCUT2D eigenvalue weighted by atomic mass is 10.1. The van der Waals surface area contributed by atoms with Gasteiger partial charge in [-0.25, -0.2) is 4.98 Å². The van der Waals surface area contributed by atoms with Crippen LogP contribution in [-0.2, 0) is 12.7 Å². The first-order chi connectivity index (χ1) is 13.3. The van der Waals surface area contributed by atoms with Gasteiger partial charge in [0.25, 0.3) is 0 Å². The first-order valence-electron chi connectivity index (χ1n) is 8.96. The second kappa shape index (κ2) is 11.8. The maximum atomic E-state index is 12.5. The minimum absolute atomic E-state index is 0. The molecular formula is C18H26F3IN6O. The lowest BCUT2D eigenvalue weighted by Gasteiger charge is -2.11. The fourth-order valence-electron chi connectivity index (χ4n) is 2.25. The topological polar surface area (TPSA) is 87.4 Å². The average molecular weight is 526 g/mol. The number of hydrogen-bond acceptors (Lipinski definition) is 5. The zero-order valence-corrected chi connectivity index (χ0v) is 18.8. The molecule has 2 aromatic rings. The molecule has 0 radical (unpaired) electrons. The second-order valence-electron chi connectivity index (χ2n) is 6.44. The summed E-state index contributed by atoms with van der Waals surface area (Å²) in [5.41, 5.74) is 0.143. The number of halogens is 4. The van der Waals surface area contributed by atoms with E-state index in [1.165, 1.54) is 6.07 Å². The van der Waals surface area contributed by atoms with Crippen LogP contribution in [0.3, 0.4) is 0 Å². The molecule has 0 spiro atoms. The highest BCUT2D eigenvalue weighted by Gasteiger charge is 2.30. The molecule has 0 atom stereocenters. The number of hydrogen-bond donors (Lipinski definition) is 3. The Hall–Kier alpha value is -2.05. The van der Waals surface area contributed by atoms with Crippen LogP contribution in [0.5, 0.6) is 0 Å². The van der Waals surface area contributed by atoms with Crippen LogP contribution in [-0.4, -0.2) is 36.2 Å². The molecule has 0 aliphatic heterocycles. The molecule has 0 fully saturated rings. The Morgan fingerprint density at radius 2 is 1.97 bits per heavy atom. The van der Waals surface area contributed by atoms with E-state index in [4.69, 9.17) is 4.52 Å². The summed E-state index contributed by atoms with van der Waals surface area (Å²) in [4.78, 5) is 7.89. The maximum absolute atomic E-state index is 12.5. The highest BCUT2D eigenvalue weighted by Crippen LogP contribution is 2.28. The molecule has 11 heteroatoms. The number of aliphatic imine (C=N–C) groups is 1. The van der Waals surface area contributed by atoms with Crippen molar-refractivity contribution in [3.05, 3.63) is 41.4 Å². The number of nitrogens with one attached hydrogen (secondary N) is 3. The van der Waals surface area contributed by atoms with Crippen LogP contribution >= 0.6 is 24.0 Å². The van der Waals surface area contributed by atoms with Gasteiger partial charge < -0.3 is 20.5 Å². The Morgan fingerprint density at radius 3 is 2.52 bits per heavy atom. The van der Waals surface area contributed by atoms with Crippen LogP contribution < -0.4 is 16.0 Å². The van der Waals surface area contributed by atoms with Crippen molar-refractivity contribution in [2.75, 3.05) is 25.5 Å². The summed E-state index contributed by atoms with van der Waals surface area (Å²) in [6.07, 6.45) is -2.83. The molecule has 0 aliphatic carbocycles. The van der Waals surface area contributed by atoms with Crippen molar-refractivity contribution in [2.45, 2.75) is 38.9 Å². The Morgan fingerprint density at radius 1 is 1.21 bits per heavy atom. The second-order valence-corrected chi connectivity index (χ2v) is 6.44. The highest BCUT2D eigenvalue weighted by molar-refractivity contribution is 14.0. The number of anilines is 1. The molecule has 3 N–H and O–H groups in total. The molecule has 7 nitrogen and oxygen atoms in total. The van der Waals surface area contributed by atoms with Crippen LogP contribution in [0.25, 0.3) is 0 Å². The monoisotopic (exact) mass is 526 g/mol. The van der Waals surface area contributed by atoms with E-state index in [2.05, 4.69) is 31.1 Å². The van der Waals surface area contributed by atoms with Gasteiger partial charge in [-0.2, -0.15) is 13.2 Å². The molecule has 0 unspecified atom stereocenters. The minimum atomic E-state index is -4.37. The van der Waals surface area contributed by atoms with Crippen molar-refractivity contribution in [2.24, 2.45) is 4.99 Å². The molecule has 0 saturated heterocycles. The van der Waals surface area contributed by atoms with Crippen LogP contribution in [0.15, 0.2) is 33.9 Å². The molecule has 2 heterocycles. The lowest BCUT2D eigenvalue weighted by molar-refractivity contribution is -0.137. The van der Waals surface area contributed by atoms with E-state index in [1.54, 1.807) is 7.05 Å². The molecule has 0 saturated carbocycles. The van der Waals surface area contributed by atoms with Crippen molar-refractivity contribution in [1.82, 2.24) is 20.8 Å². The van der Waals surface area contributed by atoms with Gasteiger partial charge in [-0.05, 0) is 24.5 Å². The van der Waals surface area contributed by atoms with E-state index in [0.717, 1.165) is 30.1 Å². The molecule has 0 aromatic carbocycles. The number of aromatic nitrogens is 2. The van der Waals surface area contributed by atoms with Gasteiger partial charge in [0.05, 0.1) is 17.8 Å². The summed E-state index contributed by atoms with van der Waals surface area (Å²) in [6, 6.07) is 4.24. The predicted molar refractivity (Wildman–Crippen MR) is 117 cm³/mol. The van der Waals surface area contributed by atoms with Crippen LogP contribution in [0.1, 0.15) is 43.2 Å². The third-order valence-corrected chi connectivity index (χ3v) is 3.87. The Kier molecular flexibility index (Phi) is 10.2. The van der Waals surface area contributed by atoms with Crippen molar-refractivity contribution >= 4 is 35.8 Å². The third-order valence-electron chi connectivity index (χ3n) is 3.87. The van der Waals surface area contributed by atoms with Gasteiger partial charge >= 0.3 is 6.18 Å². The average Bonchev–Trinajstić information content (AvgIpc) is 3.13. The summed E-state index contributed by atoms with van der Waals surface area (Å²) >= 11 is 0. The van der Waals surface area contributed by atoms with Gasteiger partial charge in [-0.1, -0.05) is 19.0 Å². The van der Waals surface area contributed by atoms with E-state index < -0.39 is 11.7 Å².